The predicted molar refractivity (Wildman–Crippen MR) is 113 cm³/mol. The predicted octanol–water partition coefficient (Wildman–Crippen LogP) is 6.38. The first-order chi connectivity index (χ1) is 15.1. The lowest BCUT2D eigenvalue weighted by Gasteiger charge is -2.21. The van der Waals surface area contributed by atoms with E-state index in [4.69, 9.17) is 4.74 Å². The van der Waals surface area contributed by atoms with Crippen LogP contribution < -0.4 is 9.64 Å². The minimum absolute atomic E-state index is 0.141. The molecule has 0 saturated heterocycles. The number of ether oxygens (including phenoxy) is 1. The average molecular weight is 444 g/mol. The highest BCUT2D eigenvalue weighted by Gasteiger charge is 2.33. The number of halogens is 3. The summed E-state index contributed by atoms with van der Waals surface area (Å²) in [7, 11) is 0. The molecule has 0 bridgehead atoms. The first-order valence-corrected chi connectivity index (χ1v) is 9.62. The van der Waals surface area contributed by atoms with Crippen molar-refractivity contribution in [3.8, 4) is 11.5 Å². The van der Waals surface area contributed by atoms with E-state index in [-0.39, 0.29) is 17.4 Å². The van der Waals surface area contributed by atoms with Gasteiger partial charge in [0.15, 0.2) is 0 Å². The zero-order valence-electron chi connectivity index (χ0n) is 17.2. The lowest BCUT2D eigenvalue weighted by molar-refractivity contribution is -0.385. The molecule has 3 aromatic carbocycles. The molecule has 166 valence electrons. The quantitative estimate of drug-likeness (QED) is 0.327. The van der Waals surface area contributed by atoms with Crippen molar-refractivity contribution in [2.45, 2.75) is 20.0 Å². The molecule has 0 atom stereocenters. The number of hydrogen-bond acceptors (Lipinski definition) is 4. The molecule has 0 saturated carbocycles. The van der Waals surface area contributed by atoms with Crippen molar-refractivity contribution in [3.05, 3.63) is 93.5 Å². The van der Waals surface area contributed by atoms with Crippen LogP contribution in [0, 0.1) is 17.0 Å². The van der Waals surface area contributed by atoms with Crippen LogP contribution in [0.4, 0.5) is 24.5 Å². The van der Waals surface area contributed by atoms with Crippen LogP contribution in [-0.2, 0) is 6.18 Å². The summed E-state index contributed by atoms with van der Waals surface area (Å²) in [5.41, 5.74) is 0.214. The van der Waals surface area contributed by atoms with Crippen molar-refractivity contribution in [3.63, 3.8) is 0 Å². The van der Waals surface area contributed by atoms with Gasteiger partial charge < -0.3 is 9.64 Å². The maximum Gasteiger partial charge on any atom is 0.416 e. The molecule has 0 fully saturated rings. The second kappa shape index (κ2) is 9.09. The normalized spacial score (nSPS) is 11.2. The maximum absolute atomic E-state index is 12.9. The van der Waals surface area contributed by atoms with Crippen LogP contribution in [0.2, 0.25) is 0 Å². The SMILES string of the molecule is CCN(C(=O)c1ccc(Oc2ccc(C(F)(F)F)cc2[N+](=O)[O-])cc1)c1ccc(C)cc1. The average Bonchev–Trinajstić information content (AvgIpc) is 2.75. The first-order valence-electron chi connectivity index (χ1n) is 9.62. The second-order valence-corrected chi connectivity index (χ2v) is 6.95. The molecular weight excluding hydrogens is 425 g/mol. The Hall–Kier alpha value is -3.88. The van der Waals surface area contributed by atoms with Gasteiger partial charge in [0.25, 0.3) is 5.91 Å². The zero-order valence-corrected chi connectivity index (χ0v) is 17.2. The Labute approximate surface area is 182 Å². The largest absolute Gasteiger partial charge is 0.450 e. The van der Waals surface area contributed by atoms with Gasteiger partial charge in [0.2, 0.25) is 5.75 Å². The van der Waals surface area contributed by atoms with E-state index in [9.17, 15) is 28.1 Å². The number of nitro benzene ring substituents is 1. The molecule has 0 aromatic heterocycles. The van der Waals surface area contributed by atoms with E-state index in [1.165, 1.54) is 24.3 Å². The third-order valence-electron chi connectivity index (χ3n) is 4.72. The number of alkyl halides is 3. The highest BCUT2D eigenvalue weighted by Crippen LogP contribution is 2.37. The molecule has 3 aromatic rings. The highest BCUT2D eigenvalue weighted by molar-refractivity contribution is 6.06. The number of aryl methyl sites for hydroxylation is 1. The first kappa shape index (κ1) is 22.8. The van der Waals surface area contributed by atoms with Crippen LogP contribution in [0.15, 0.2) is 66.7 Å². The van der Waals surface area contributed by atoms with Crippen LogP contribution in [0.1, 0.15) is 28.4 Å². The lowest BCUT2D eigenvalue weighted by Crippen LogP contribution is -2.30. The standard InChI is InChI=1S/C23H19F3N2O4/c1-3-27(18-9-4-15(2)5-10-18)22(29)16-6-11-19(12-7-16)32-21-13-8-17(23(24,25)26)14-20(21)28(30)31/h4-14H,3H2,1-2H3. The van der Waals surface area contributed by atoms with Crippen LogP contribution in [0.3, 0.4) is 0 Å². The summed E-state index contributed by atoms with van der Waals surface area (Å²) in [5, 5.41) is 11.2. The van der Waals surface area contributed by atoms with Crippen LogP contribution in [-0.4, -0.2) is 17.4 Å². The van der Waals surface area contributed by atoms with Gasteiger partial charge in [-0.2, -0.15) is 13.2 Å². The molecule has 0 spiro atoms. The Morgan fingerprint density at radius 2 is 1.66 bits per heavy atom. The molecule has 32 heavy (non-hydrogen) atoms. The van der Waals surface area contributed by atoms with Gasteiger partial charge in [-0.3, -0.25) is 14.9 Å². The lowest BCUT2D eigenvalue weighted by atomic mass is 10.1. The number of carbonyl (C=O) groups excluding carboxylic acids is 1. The molecule has 1 amide bonds. The summed E-state index contributed by atoms with van der Waals surface area (Å²) in [4.78, 5) is 24.8. The van der Waals surface area contributed by atoms with Crippen LogP contribution >= 0.6 is 0 Å². The minimum Gasteiger partial charge on any atom is -0.450 e. The summed E-state index contributed by atoms with van der Waals surface area (Å²) < 4.78 is 44.0. The van der Waals surface area contributed by atoms with E-state index in [1.807, 2.05) is 38.1 Å². The van der Waals surface area contributed by atoms with E-state index in [0.29, 0.717) is 24.2 Å². The number of rotatable bonds is 6. The number of hydrogen-bond donors (Lipinski definition) is 0. The molecule has 0 heterocycles. The van der Waals surface area contributed by atoms with Gasteiger partial charge in [0.05, 0.1) is 10.5 Å². The van der Waals surface area contributed by atoms with Gasteiger partial charge in [-0.1, -0.05) is 17.7 Å². The van der Waals surface area contributed by atoms with Crippen molar-refractivity contribution in [1.29, 1.82) is 0 Å². The molecular formula is C23H19F3N2O4. The molecule has 0 aliphatic heterocycles. The van der Waals surface area contributed by atoms with Gasteiger partial charge in [0, 0.05) is 23.9 Å². The van der Waals surface area contributed by atoms with Crippen molar-refractivity contribution in [2.24, 2.45) is 0 Å². The summed E-state index contributed by atoms with van der Waals surface area (Å²) >= 11 is 0. The number of carbonyl (C=O) groups is 1. The molecule has 6 nitrogen and oxygen atoms in total. The summed E-state index contributed by atoms with van der Waals surface area (Å²) in [6.45, 7) is 4.23. The zero-order chi connectivity index (χ0) is 23.5. The molecule has 0 aliphatic rings. The summed E-state index contributed by atoms with van der Waals surface area (Å²) in [6, 6.07) is 15.4. The van der Waals surface area contributed by atoms with E-state index >= 15 is 0 Å². The van der Waals surface area contributed by atoms with Gasteiger partial charge in [0.1, 0.15) is 5.75 Å². The van der Waals surface area contributed by atoms with E-state index in [0.717, 1.165) is 17.3 Å². The topological polar surface area (TPSA) is 72.7 Å². The minimum atomic E-state index is -4.71. The molecule has 3 rings (SSSR count). The third kappa shape index (κ3) is 5.05. The Morgan fingerprint density at radius 3 is 2.19 bits per heavy atom. The fourth-order valence-electron chi connectivity index (χ4n) is 3.04. The number of nitrogens with zero attached hydrogens (tertiary/aromatic N) is 2. The van der Waals surface area contributed by atoms with Crippen molar-refractivity contribution >= 4 is 17.3 Å². The third-order valence-corrected chi connectivity index (χ3v) is 4.72. The van der Waals surface area contributed by atoms with E-state index < -0.39 is 22.4 Å². The van der Waals surface area contributed by atoms with Crippen molar-refractivity contribution in [2.75, 3.05) is 11.4 Å². The molecule has 0 radical (unpaired) electrons. The highest BCUT2D eigenvalue weighted by atomic mass is 19.4. The summed E-state index contributed by atoms with van der Waals surface area (Å²) in [6.07, 6.45) is -4.71. The van der Waals surface area contributed by atoms with Gasteiger partial charge in [-0.25, -0.2) is 0 Å². The Kier molecular flexibility index (Phi) is 6.47. The number of nitro groups is 1. The smallest absolute Gasteiger partial charge is 0.416 e. The number of benzene rings is 3. The Morgan fingerprint density at radius 1 is 1.03 bits per heavy atom. The van der Waals surface area contributed by atoms with Crippen LogP contribution in [0.5, 0.6) is 11.5 Å². The number of amides is 1. The molecule has 0 unspecified atom stereocenters. The summed E-state index contributed by atoms with van der Waals surface area (Å²) in [5.74, 6) is -0.442. The monoisotopic (exact) mass is 444 g/mol. The van der Waals surface area contributed by atoms with Crippen molar-refractivity contribution < 1.29 is 27.6 Å². The molecule has 0 N–H and O–H groups in total. The number of anilines is 1. The maximum atomic E-state index is 12.9. The second-order valence-electron chi connectivity index (χ2n) is 6.95. The molecule has 9 heteroatoms. The molecule has 0 aliphatic carbocycles. The van der Waals surface area contributed by atoms with Gasteiger partial charge >= 0.3 is 11.9 Å². The van der Waals surface area contributed by atoms with E-state index in [2.05, 4.69) is 0 Å². The fourth-order valence-corrected chi connectivity index (χ4v) is 3.04. The van der Waals surface area contributed by atoms with Crippen molar-refractivity contribution in [1.82, 2.24) is 0 Å². The van der Waals surface area contributed by atoms with Crippen LogP contribution in [0.25, 0.3) is 0 Å². The Balaban J connectivity index is 1.82. The Bertz CT molecular complexity index is 1130. The van der Waals surface area contributed by atoms with E-state index in [1.54, 1.807) is 4.90 Å². The fraction of sp³-hybridized carbons (Fsp3) is 0.174. The van der Waals surface area contributed by atoms with Gasteiger partial charge in [-0.15, -0.1) is 0 Å². The van der Waals surface area contributed by atoms with Gasteiger partial charge in [-0.05, 0) is 62.4 Å².